The van der Waals surface area contributed by atoms with Crippen LogP contribution in [0.3, 0.4) is 0 Å². The molecule has 0 radical (unpaired) electrons. The Labute approximate surface area is 76.5 Å². The smallest absolute Gasteiger partial charge is 0.324 e. The Balaban J connectivity index is 2.29. The second-order valence-corrected chi connectivity index (χ2v) is 4.18. The molecule has 0 bridgehead atoms. The van der Waals surface area contributed by atoms with Crippen LogP contribution in [0.25, 0.3) is 0 Å². The first-order valence-electron chi connectivity index (χ1n) is 4.70. The van der Waals surface area contributed by atoms with Crippen molar-refractivity contribution < 1.29 is 14.3 Å². The van der Waals surface area contributed by atoms with Gasteiger partial charge in [-0.05, 0) is 19.8 Å². The zero-order chi connectivity index (χ0) is 9.64. The number of nitrogens with zero attached hydrogens (tertiary/aromatic N) is 1. The summed E-state index contributed by atoms with van der Waals surface area (Å²) in [6.45, 7) is 2.27. The molecule has 3 atom stereocenters. The fraction of sp³-hybridized carbons (Fsp3) is 0.889. The third-order valence-electron chi connectivity index (χ3n) is 3.41. The Kier molecular flexibility index (Phi) is 1.84. The standard InChI is InChI=1S/C9H14FNO2/c1-6-2-3-9(8(12)13)4-7(10)5-11(6)9/h6-7H,2-5H2,1H3,(H,12,13)/t6?,7-,9-/m1/s1. The number of fused-ring (bicyclic) bond motifs is 1. The molecule has 2 saturated heterocycles. The van der Waals surface area contributed by atoms with Crippen LogP contribution < -0.4 is 0 Å². The Hall–Kier alpha value is -0.640. The molecule has 4 heteroatoms. The Bertz CT molecular complexity index is 246. The summed E-state index contributed by atoms with van der Waals surface area (Å²) in [5, 5.41) is 9.10. The molecule has 0 saturated carbocycles. The van der Waals surface area contributed by atoms with Crippen LogP contribution in [0.15, 0.2) is 0 Å². The van der Waals surface area contributed by atoms with Crippen LogP contribution in [-0.2, 0) is 4.79 Å². The fourth-order valence-electron chi connectivity index (χ4n) is 2.70. The number of rotatable bonds is 1. The summed E-state index contributed by atoms with van der Waals surface area (Å²) in [4.78, 5) is 12.9. The number of hydrogen-bond acceptors (Lipinski definition) is 2. The van der Waals surface area contributed by atoms with Crippen LogP contribution in [0, 0.1) is 0 Å². The van der Waals surface area contributed by atoms with Crippen molar-refractivity contribution in [3.63, 3.8) is 0 Å². The monoisotopic (exact) mass is 187 g/mol. The van der Waals surface area contributed by atoms with E-state index >= 15 is 0 Å². The summed E-state index contributed by atoms with van der Waals surface area (Å²) >= 11 is 0. The quantitative estimate of drug-likeness (QED) is 0.666. The lowest BCUT2D eigenvalue weighted by molar-refractivity contribution is -0.148. The van der Waals surface area contributed by atoms with Crippen molar-refractivity contribution in [2.75, 3.05) is 6.54 Å². The molecule has 1 unspecified atom stereocenters. The molecule has 2 rings (SSSR count). The van der Waals surface area contributed by atoms with E-state index in [0.29, 0.717) is 13.0 Å². The Morgan fingerprint density at radius 1 is 1.69 bits per heavy atom. The molecule has 2 fully saturated rings. The summed E-state index contributed by atoms with van der Waals surface area (Å²) in [6, 6.07) is 0.219. The van der Waals surface area contributed by atoms with E-state index in [1.807, 2.05) is 11.8 Å². The molecule has 0 spiro atoms. The van der Waals surface area contributed by atoms with E-state index in [-0.39, 0.29) is 12.5 Å². The molecular formula is C9H14FNO2. The largest absolute Gasteiger partial charge is 0.480 e. The zero-order valence-corrected chi connectivity index (χ0v) is 7.66. The molecule has 0 aliphatic carbocycles. The molecule has 0 aromatic heterocycles. The summed E-state index contributed by atoms with van der Waals surface area (Å²) < 4.78 is 13.1. The molecular weight excluding hydrogens is 173 g/mol. The maximum Gasteiger partial charge on any atom is 0.324 e. The number of carbonyl (C=O) groups is 1. The number of aliphatic carboxylic acids is 1. The predicted octanol–water partition coefficient (Wildman–Crippen LogP) is 1.04. The van der Waals surface area contributed by atoms with Gasteiger partial charge in [0.05, 0.1) is 0 Å². The van der Waals surface area contributed by atoms with Crippen molar-refractivity contribution in [2.24, 2.45) is 0 Å². The van der Waals surface area contributed by atoms with Gasteiger partial charge in [0.15, 0.2) is 0 Å². The van der Waals surface area contributed by atoms with Gasteiger partial charge in [0.25, 0.3) is 0 Å². The molecule has 13 heavy (non-hydrogen) atoms. The zero-order valence-electron chi connectivity index (χ0n) is 7.66. The van der Waals surface area contributed by atoms with Gasteiger partial charge in [0.2, 0.25) is 0 Å². The lowest BCUT2D eigenvalue weighted by atomic mass is 9.94. The highest BCUT2D eigenvalue weighted by Crippen LogP contribution is 2.43. The van der Waals surface area contributed by atoms with Crippen molar-refractivity contribution in [3.05, 3.63) is 0 Å². The second kappa shape index (κ2) is 2.67. The van der Waals surface area contributed by atoms with Crippen molar-refractivity contribution in [3.8, 4) is 0 Å². The average molecular weight is 187 g/mol. The van der Waals surface area contributed by atoms with Crippen molar-refractivity contribution in [2.45, 2.75) is 43.9 Å². The van der Waals surface area contributed by atoms with Crippen LogP contribution in [0.2, 0.25) is 0 Å². The number of alkyl halides is 1. The lowest BCUT2D eigenvalue weighted by Crippen LogP contribution is -2.47. The van der Waals surface area contributed by atoms with Gasteiger partial charge in [0.1, 0.15) is 11.7 Å². The van der Waals surface area contributed by atoms with Gasteiger partial charge in [-0.1, -0.05) is 0 Å². The molecule has 0 aromatic carbocycles. The summed E-state index contributed by atoms with van der Waals surface area (Å²) in [7, 11) is 0. The molecule has 0 aromatic rings. The minimum absolute atomic E-state index is 0.173. The van der Waals surface area contributed by atoms with Crippen molar-refractivity contribution >= 4 is 5.97 Å². The Morgan fingerprint density at radius 2 is 2.38 bits per heavy atom. The van der Waals surface area contributed by atoms with Crippen LogP contribution in [0.5, 0.6) is 0 Å². The summed E-state index contributed by atoms with van der Waals surface area (Å²) in [6.07, 6.45) is 0.689. The van der Waals surface area contributed by atoms with Crippen molar-refractivity contribution in [1.82, 2.24) is 4.90 Å². The summed E-state index contributed by atoms with van der Waals surface area (Å²) in [5.74, 6) is -0.850. The van der Waals surface area contributed by atoms with E-state index in [1.54, 1.807) is 0 Å². The van der Waals surface area contributed by atoms with E-state index < -0.39 is 17.7 Å². The minimum atomic E-state index is -0.959. The van der Waals surface area contributed by atoms with Gasteiger partial charge in [-0.3, -0.25) is 9.69 Å². The number of carboxylic acid groups (broad SMARTS) is 1. The SMILES string of the molecule is CC1CC[C@]2(C(=O)O)C[C@@H](F)CN12. The molecule has 2 aliphatic rings. The van der Waals surface area contributed by atoms with Gasteiger partial charge >= 0.3 is 5.97 Å². The molecule has 2 aliphatic heterocycles. The van der Waals surface area contributed by atoms with Gasteiger partial charge < -0.3 is 5.11 Å². The van der Waals surface area contributed by atoms with Gasteiger partial charge in [-0.2, -0.15) is 0 Å². The van der Waals surface area contributed by atoms with Gasteiger partial charge in [0, 0.05) is 19.0 Å². The van der Waals surface area contributed by atoms with Crippen LogP contribution >= 0.6 is 0 Å². The number of hydrogen-bond donors (Lipinski definition) is 1. The first kappa shape index (κ1) is 8.94. The normalized spacial score (nSPS) is 45.1. The van der Waals surface area contributed by atoms with E-state index in [1.165, 1.54) is 0 Å². The van der Waals surface area contributed by atoms with E-state index in [4.69, 9.17) is 5.11 Å². The first-order chi connectivity index (χ1) is 6.06. The second-order valence-electron chi connectivity index (χ2n) is 4.18. The van der Waals surface area contributed by atoms with E-state index in [9.17, 15) is 9.18 Å². The highest BCUT2D eigenvalue weighted by molar-refractivity contribution is 5.80. The van der Waals surface area contributed by atoms with Crippen LogP contribution in [0.1, 0.15) is 26.2 Å². The fourth-order valence-corrected chi connectivity index (χ4v) is 2.70. The van der Waals surface area contributed by atoms with E-state index in [2.05, 4.69) is 0 Å². The van der Waals surface area contributed by atoms with Crippen LogP contribution in [-0.4, -0.2) is 40.3 Å². The predicted molar refractivity (Wildman–Crippen MR) is 45.3 cm³/mol. The Morgan fingerprint density at radius 3 is 2.92 bits per heavy atom. The van der Waals surface area contributed by atoms with Gasteiger partial charge in [-0.15, -0.1) is 0 Å². The molecule has 74 valence electrons. The molecule has 0 amide bonds. The third kappa shape index (κ3) is 1.08. The maximum atomic E-state index is 13.1. The molecule has 2 heterocycles. The lowest BCUT2D eigenvalue weighted by Gasteiger charge is -2.28. The highest BCUT2D eigenvalue weighted by atomic mass is 19.1. The molecule has 1 N–H and O–H groups in total. The van der Waals surface area contributed by atoms with Crippen LogP contribution in [0.4, 0.5) is 4.39 Å². The first-order valence-corrected chi connectivity index (χ1v) is 4.70. The highest BCUT2D eigenvalue weighted by Gasteiger charge is 2.56. The van der Waals surface area contributed by atoms with Crippen molar-refractivity contribution in [1.29, 1.82) is 0 Å². The molecule has 3 nitrogen and oxygen atoms in total. The van der Waals surface area contributed by atoms with Gasteiger partial charge in [-0.25, -0.2) is 4.39 Å². The summed E-state index contributed by atoms with van der Waals surface area (Å²) in [5.41, 5.74) is -0.876. The number of halogens is 1. The average Bonchev–Trinajstić information content (AvgIpc) is 2.51. The maximum absolute atomic E-state index is 13.1. The third-order valence-corrected chi connectivity index (χ3v) is 3.41. The van der Waals surface area contributed by atoms with E-state index in [0.717, 1.165) is 6.42 Å². The number of carboxylic acids is 1. The topological polar surface area (TPSA) is 40.5 Å². The minimum Gasteiger partial charge on any atom is -0.480 e.